The summed E-state index contributed by atoms with van der Waals surface area (Å²) in [7, 11) is 0. The van der Waals surface area contributed by atoms with E-state index < -0.39 is 0 Å². The number of nitrogens with zero attached hydrogens (tertiary/aromatic N) is 4. The summed E-state index contributed by atoms with van der Waals surface area (Å²) >= 11 is 1.41. The van der Waals surface area contributed by atoms with Crippen LogP contribution in [0.25, 0.3) is 11.4 Å². The molecule has 27 heavy (non-hydrogen) atoms. The van der Waals surface area contributed by atoms with Gasteiger partial charge in [0.15, 0.2) is 11.0 Å². The quantitative estimate of drug-likeness (QED) is 0.625. The van der Waals surface area contributed by atoms with Gasteiger partial charge in [0.25, 0.3) is 0 Å². The van der Waals surface area contributed by atoms with Gasteiger partial charge < -0.3 is 9.88 Å². The van der Waals surface area contributed by atoms with Crippen LogP contribution in [0, 0.1) is 0 Å². The highest BCUT2D eigenvalue weighted by atomic mass is 32.2. The monoisotopic (exact) mass is 381 g/mol. The number of aryl methyl sites for hydroxylation is 1. The minimum Gasteiger partial charge on any atom is -0.325 e. The van der Waals surface area contributed by atoms with Gasteiger partial charge in [-0.25, -0.2) is 0 Å². The van der Waals surface area contributed by atoms with Crippen LogP contribution >= 0.6 is 11.8 Å². The van der Waals surface area contributed by atoms with E-state index in [-0.39, 0.29) is 11.2 Å². The summed E-state index contributed by atoms with van der Waals surface area (Å²) in [5.74, 6) is 0.727. The number of carbonyl (C=O) groups is 1. The standard InChI is InChI=1S/C20H23N5OS/c1-4-15-6-8-17(9-7-15)22-19(26)14(3)27-20-24-23-18(25(20)5-2)16-10-12-21-13-11-16/h6-14H,4-5H2,1-3H3,(H,22,26)/t14-/m0/s1. The number of hydrogen-bond acceptors (Lipinski definition) is 5. The number of amides is 1. The number of pyridine rings is 1. The summed E-state index contributed by atoms with van der Waals surface area (Å²) in [6, 6.07) is 11.7. The number of rotatable bonds is 7. The van der Waals surface area contributed by atoms with Crippen molar-refractivity contribution in [3.63, 3.8) is 0 Å². The van der Waals surface area contributed by atoms with Gasteiger partial charge in [-0.15, -0.1) is 10.2 Å². The van der Waals surface area contributed by atoms with Crippen molar-refractivity contribution in [1.29, 1.82) is 0 Å². The summed E-state index contributed by atoms with van der Waals surface area (Å²) in [5.41, 5.74) is 3.01. The lowest BCUT2D eigenvalue weighted by Crippen LogP contribution is -2.23. The molecule has 0 radical (unpaired) electrons. The number of anilines is 1. The molecule has 0 saturated heterocycles. The van der Waals surface area contributed by atoms with E-state index in [0.717, 1.165) is 35.2 Å². The van der Waals surface area contributed by atoms with Crippen molar-refractivity contribution < 1.29 is 4.79 Å². The molecule has 2 aromatic heterocycles. The molecule has 2 heterocycles. The van der Waals surface area contributed by atoms with Crippen molar-refractivity contribution in [3.8, 4) is 11.4 Å². The second-order valence-corrected chi connectivity index (χ2v) is 7.39. The molecule has 1 atom stereocenters. The first kappa shape index (κ1) is 19.1. The van der Waals surface area contributed by atoms with Crippen LogP contribution in [-0.4, -0.2) is 30.9 Å². The van der Waals surface area contributed by atoms with Crippen LogP contribution in [0.3, 0.4) is 0 Å². The zero-order chi connectivity index (χ0) is 19.2. The SMILES string of the molecule is CCc1ccc(NC(=O)[C@H](C)Sc2nnc(-c3ccncc3)n2CC)cc1. The van der Waals surface area contributed by atoms with Gasteiger partial charge in [0.2, 0.25) is 5.91 Å². The Hall–Kier alpha value is -2.67. The Kier molecular flexibility index (Phi) is 6.24. The van der Waals surface area contributed by atoms with Crippen LogP contribution in [0.4, 0.5) is 5.69 Å². The molecule has 0 aliphatic carbocycles. The smallest absolute Gasteiger partial charge is 0.237 e. The molecule has 0 unspecified atom stereocenters. The maximum absolute atomic E-state index is 12.6. The zero-order valence-corrected chi connectivity index (χ0v) is 16.5. The van der Waals surface area contributed by atoms with Crippen LogP contribution < -0.4 is 5.32 Å². The summed E-state index contributed by atoms with van der Waals surface area (Å²) in [4.78, 5) is 16.6. The van der Waals surface area contributed by atoms with Crippen molar-refractivity contribution in [2.24, 2.45) is 0 Å². The van der Waals surface area contributed by atoms with E-state index in [4.69, 9.17) is 0 Å². The number of aromatic nitrogens is 4. The largest absolute Gasteiger partial charge is 0.325 e. The highest BCUT2D eigenvalue weighted by molar-refractivity contribution is 8.00. The lowest BCUT2D eigenvalue weighted by atomic mass is 10.1. The molecule has 1 aromatic carbocycles. The van der Waals surface area contributed by atoms with E-state index in [9.17, 15) is 4.79 Å². The molecule has 0 aliphatic rings. The Labute approximate surface area is 163 Å². The van der Waals surface area contributed by atoms with Gasteiger partial charge in [0, 0.05) is 30.2 Å². The van der Waals surface area contributed by atoms with Gasteiger partial charge in [0.05, 0.1) is 5.25 Å². The Morgan fingerprint density at radius 2 is 1.81 bits per heavy atom. The highest BCUT2D eigenvalue weighted by Crippen LogP contribution is 2.27. The van der Waals surface area contributed by atoms with Gasteiger partial charge in [-0.3, -0.25) is 9.78 Å². The molecule has 3 aromatic rings. The molecular formula is C20H23N5OS. The highest BCUT2D eigenvalue weighted by Gasteiger charge is 2.20. The predicted octanol–water partition coefficient (Wildman–Crippen LogP) is 4.04. The van der Waals surface area contributed by atoms with Crippen molar-refractivity contribution in [3.05, 3.63) is 54.4 Å². The predicted molar refractivity (Wildman–Crippen MR) is 109 cm³/mol. The third-order valence-corrected chi connectivity index (χ3v) is 5.33. The average Bonchev–Trinajstić information content (AvgIpc) is 3.11. The number of nitrogens with one attached hydrogen (secondary N) is 1. The van der Waals surface area contributed by atoms with Crippen LogP contribution in [0.2, 0.25) is 0 Å². The van der Waals surface area contributed by atoms with Gasteiger partial charge in [-0.2, -0.15) is 0 Å². The first-order valence-electron chi connectivity index (χ1n) is 9.02. The number of thioether (sulfide) groups is 1. The van der Waals surface area contributed by atoms with Gasteiger partial charge in [0.1, 0.15) is 0 Å². The molecular weight excluding hydrogens is 358 g/mol. The number of hydrogen-bond donors (Lipinski definition) is 1. The zero-order valence-electron chi connectivity index (χ0n) is 15.7. The molecule has 6 nitrogen and oxygen atoms in total. The normalized spacial score (nSPS) is 12.0. The van der Waals surface area contributed by atoms with Gasteiger partial charge >= 0.3 is 0 Å². The summed E-state index contributed by atoms with van der Waals surface area (Å²) in [6.07, 6.45) is 4.44. The lowest BCUT2D eigenvalue weighted by Gasteiger charge is -2.13. The van der Waals surface area contributed by atoms with Crippen LogP contribution in [-0.2, 0) is 17.8 Å². The van der Waals surface area contributed by atoms with Crippen molar-refractivity contribution in [2.45, 2.75) is 44.1 Å². The lowest BCUT2D eigenvalue weighted by molar-refractivity contribution is -0.115. The molecule has 0 aliphatic heterocycles. The Morgan fingerprint density at radius 3 is 2.44 bits per heavy atom. The van der Waals surface area contributed by atoms with Crippen LogP contribution in [0.5, 0.6) is 0 Å². The summed E-state index contributed by atoms with van der Waals surface area (Å²) in [6.45, 7) is 6.75. The Balaban J connectivity index is 1.70. The summed E-state index contributed by atoms with van der Waals surface area (Å²) in [5, 5.41) is 12.0. The Morgan fingerprint density at radius 1 is 1.11 bits per heavy atom. The first-order valence-corrected chi connectivity index (χ1v) is 9.90. The molecule has 140 valence electrons. The third-order valence-electron chi connectivity index (χ3n) is 4.25. The van der Waals surface area contributed by atoms with E-state index in [1.165, 1.54) is 17.3 Å². The van der Waals surface area contributed by atoms with E-state index >= 15 is 0 Å². The minimum absolute atomic E-state index is 0.0552. The first-order chi connectivity index (χ1) is 13.1. The van der Waals surface area contributed by atoms with Crippen molar-refractivity contribution >= 4 is 23.4 Å². The van der Waals surface area contributed by atoms with E-state index in [1.807, 2.05) is 54.8 Å². The van der Waals surface area contributed by atoms with E-state index in [0.29, 0.717) is 0 Å². The molecule has 0 saturated carbocycles. The van der Waals surface area contributed by atoms with Gasteiger partial charge in [-0.05, 0) is 50.1 Å². The van der Waals surface area contributed by atoms with E-state index in [2.05, 4.69) is 27.4 Å². The number of carbonyl (C=O) groups excluding carboxylic acids is 1. The maximum atomic E-state index is 12.6. The second-order valence-electron chi connectivity index (χ2n) is 6.09. The Bertz CT molecular complexity index is 892. The molecule has 7 heteroatoms. The van der Waals surface area contributed by atoms with Crippen LogP contribution in [0.15, 0.2) is 53.9 Å². The third kappa shape index (κ3) is 4.54. The van der Waals surface area contributed by atoms with Gasteiger partial charge in [-0.1, -0.05) is 30.8 Å². The minimum atomic E-state index is -0.296. The van der Waals surface area contributed by atoms with Crippen LogP contribution in [0.1, 0.15) is 26.3 Å². The van der Waals surface area contributed by atoms with E-state index in [1.54, 1.807) is 12.4 Å². The molecule has 0 fully saturated rings. The molecule has 1 N–H and O–H groups in total. The number of benzene rings is 1. The fraction of sp³-hybridized carbons (Fsp3) is 0.300. The van der Waals surface area contributed by atoms with Crippen molar-refractivity contribution in [1.82, 2.24) is 19.7 Å². The second kappa shape index (κ2) is 8.81. The molecule has 3 rings (SSSR count). The fourth-order valence-electron chi connectivity index (χ4n) is 2.65. The maximum Gasteiger partial charge on any atom is 0.237 e. The average molecular weight is 382 g/mol. The topological polar surface area (TPSA) is 72.7 Å². The molecule has 0 bridgehead atoms. The fourth-order valence-corrected chi connectivity index (χ4v) is 3.57. The van der Waals surface area contributed by atoms with Crippen molar-refractivity contribution in [2.75, 3.05) is 5.32 Å². The molecule has 0 spiro atoms. The molecule has 1 amide bonds. The summed E-state index contributed by atoms with van der Waals surface area (Å²) < 4.78 is 2.01.